The van der Waals surface area contributed by atoms with Crippen molar-refractivity contribution < 1.29 is 9.90 Å². The molecule has 1 unspecified atom stereocenters. The Balaban J connectivity index is 2.64. The Kier molecular flexibility index (Phi) is 5.37. The smallest absolute Gasteiger partial charge is 0.319 e. The van der Waals surface area contributed by atoms with Crippen LogP contribution in [0.2, 0.25) is 5.15 Å². The predicted octanol–water partition coefficient (Wildman–Crippen LogP) is 2.41. The van der Waals surface area contributed by atoms with Crippen LogP contribution in [-0.4, -0.2) is 28.3 Å². The average molecular weight is 272 g/mol. The number of aromatic nitrogens is 1. The summed E-state index contributed by atoms with van der Waals surface area (Å²) in [7, 11) is 0. The van der Waals surface area contributed by atoms with Crippen LogP contribution in [-0.2, 0) is 0 Å². The number of urea groups is 1. The summed E-state index contributed by atoms with van der Waals surface area (Å²) < 4.78 is 0. The normalized spacial score (nSPS) is 13.8. The highest BCUT2D eigenvalue weighted by Crippen LogP contribution is 2.18. The summed E-state index contributed by atoms with van der Waals surface area (Å²) in [6, 6.07) is 2.93. The van der Waals surface area contributed by atoms with Crippen molar-refractivity contribution in [3.8, 4) is 0 Å². The van der Waals surface area contributed by atoms with Crippen LogP contribution in [0, 0.1) is 0 Å². The number of aliphatic hydroxyl groups is 1. The Hall–Kier alpha value is -1.33. The molecular weight excluding hydrogens is 254 g/mol. The number of halogens is 1. The number of nitrogens with one attached hydrogen (secondary N) is 2. The quantitative estimate of drug-likeness (QED) is 0.720. The molecule has 0 fully saturated rings. The standard InChI is InChI=1S/C12H18ClN3O2/c1-3-6-12(2,8-17)16-11(18)15-9-5-4-7-14-10(9)13/h4-5,7,17H,3,6,8H2,1-2H3,(H2,15,16,18). The molecule has 100 valence electrons. The molecule has 1 aromatic heterocycles. The van der Waals surface area contributed by atoms with Crippen molar-refractivity contribution in [3.63, 3.8) is 0 Å². The molecule has 0 spiro atoms. The zero-order valence-electron chi connectivity index (χ0n) is 10.5. The van der Waals surface area contributed by atoms with E-state index in [0.29, 0.717) is 12.1 Å². The monoisotopic (exact) mass is 271 g/mol. The molecule has 5 nitrogen and oxygen atoms in total. The van der Waals surface area contributed by atoms with Crippen LogP contribution in [0.1, 0.15) is 26.7 Å². The lowest BCUT2D eigenvalue weighted by atomic mass is 9.98. The predicted molar refractivity (Wildman–Crippen MR) is 71.8 cm³/mol. The van der Waals surface area contributed by atoms with E-state index < -0.39 is 11.6 Å². The molecule has 2 amide bonds. The number of aliphatic hydroxyl groups excluding tert-OH is 1. The maximum atomic E-state index is 11.8. The van der Waals surface area contributed by atoms with Gasteiger partial charge in [-0.15, -0.1) is 0 Å². The van der Waals surface area contributed by atoms with Crippen molar-refractivity contribution in [2.75, 3.05) is 11.9 Å². The molecule has 6 heteroatoms. The number of amides is 2. The molecule has 0 radical (unpaired) electrons. The van der Waals surface area contributed by atoms with Gasteiger partial charge in [0.25, 0.3) is 0 Å². The minimum atomic E-state index is -0.631. The van der Waals surface area contributed by atoms with Gasteiger partial charge in [-0.3, -0.25) is 0 Å². The Morgan fingerprint density at radius 2 is 2.33 bits per heavy atom. The van der Waals surface area contributed by atoms with E-state index in [-0.39, 0.29) is 11.8 Å². The Morgan fingerprint density at radius 1 is 1.61 bits per heavy atom. The van der Waals surface area contributed by atoms with Crippen LogP contribution in [0.5, 0.6) is 0 Å². The summed E-state index contributed by atoms with van der Waals surface area (Å²) in [5.41, 5.74) is -0.193. The number of nitrogens with zero attached hydrogens (tertiary/aromatic N) is 1. The van der Waals surface area contributed by atoms with Gasteiger partial charge in [0.05, 0.1) is 17.8 Å². The van der Waals surface area contributed by atoms with Crippen LogP contribution in [0.4, 0.5) is 10.5 Å². The molecule has 0 aliphatic carbocycles. The van der Waals surface area contributed by atoms with Crippen molar-refractivity contribution in [3.05, 3.63) is 23.5 Å². The summed E-state index contributed by atoms with van der Waals surface area (Å²) in [5.74, 6) is 0. The molecular formula is C12H18ClN3O2. The van der Waals surface area contributed by atoms with E-state index in [0.717, 1.165) is 6.42 Å². The highest BCUT2D eigenvalue weighted by molar-refractivity contribution is 6.32. The summed E-state index contributed by atoms with van der Waals surface area (Å²) in [5, 5.41) is 14.9. The minimum Gasteiger partial charge on any atom is -0.394 e. The molecule has 0 aliphatic rings. The zero-order valence-corrected chi connectivity index (χ0v) is 11.3. The number of carbonyl (C=O) groups excluding carboxylic acids is 1. The summed E-state index contributed by atoms with van der Waals surface area (Å²) in [6.45, 7) is 3.67. The first-order valence-electron chi connectivity index (χ1n) is 5.81. The minimum absolute atomic E-state index is 0.116. The van der Waals surface area contributed by atoms with E-state index >= 15 is 0 Å². The first-order valence-corrected chi connectivity index (χ1v) is 6.19. The lowest BCUT2D eigenvalue weighted by molar-refractivity contribution is 0.167. The molecule has 0 aromatic carbocycles. The molecule has 0 saturated heterocycles. The molecule has 0 aliphatic heterocycles. The van der Waals surface area contributed by atoms with Crippen molar-refractivity contribution in [1.82, 2.24) is 10.3 Å². The molecule has 1 rings (SSSR count). The van der Waals surface area contributed by atoms with E-state index in [1.54, 1.807) is 25.3 Å². The second-order valence-corrected chi connectivity index (χ2v) is 4.75. The Morgan fingerprint density at radius 3 is 2.89 bits per heavy atom. The highest BCUT2D eigenvalue weighted by Gasteiger charge is 2.24. The molecule has 0 saturated carbocycles. The molecule has 1 aromatic rings. The van der Waals surface area contributed by atoms with Crippen LogP contribution >= 0.6 is 11.6 Å². The third kappa shape index (κ3) is 4.16. The lowest BCUT2D eigenvalue weighted by Gasteiger charge is -2.28. The fraction of sp³-hybridized carbons (Fsp3) is 0.500. The van der Waals surface area contributed by atoms with Gasteiger partial charge in [-0.2, -0.15) is 0 Å². The number of pyridine rings is 1. The number of anilines is 1. The maximum Gasteiger partial charge on any atom is 0.319 e. The van der Waals surface area contributed by atoms with E-state index in [1.807, 2.05) is 6.92 Å². The first-order chi connectivity index (χ1) is 8.50. The molecule has 1 atom stereocenters. The topological polar surface area (TPSA) is 74.2 Å². The van der Waals surface area contributed by atoms with Crippen molar-refractivity contribution in [2.24, 2.45) is 0 Å². The molecule has 1 heterocycles. The maximum absolute atomic E-state index is 11.8. The van der Waals surface area contributed by atoms with Gasteiger partial charge in [-0.05, 0) is 25.5 Å². The van der Waals surface area contributed by atoms with Gasteiger partial charge >= 0.3 is 6.03 Å². The van der Waals surface area contributed by atoms with Gasteiger partial charge in [0.2, 0.25) is 0 Å². The summed E-state index contributed by atoms with van der Waals surface area (Å²) in [6.07, 6.45) is 3.10. The number of carbonyl (C=O) groups is 1. The summed E-state index contributed by atoms with van der Waals surface area (Å²) >= 11 is 5.83. The van der Waals surface area contributed by atoms with Crippen molar-refractivity contribution >= 4 is 23.3 Å². The van der Waals surface area contributed by atoms with Crippen LogP contribution < -0.4 is 10.6 Å². The van der Waals surface area contributed by atoms with Crippen molar-refractivity contribution in [1.29, 1.82) is 0 Å². The average Bonchev–Trinajstić information content (AvgIpc) is 2.32. The van der Waals surface area contributed by atoms with Crippen molar-refractivity contribution in [2.45, 2.75) is 32.2 Å². The fourth-order valence-electron chi connectivity index (χ4n) is 1.64. The second kappa shape index (κ2) is 6.56. The fourth-order valence-corrected chi connectivity index (χ4v) is 1.81. The van der Waals surface area contributed by atoms with Gasteiger partial charge in [0, 0.05) is 6.20 Å². The zero-order chi connectivity index (χ0) is 13.6. The third-order valence-electron chi connectivity index (χ3n) is 2.57. The lowest BCUT2D eigenvalue weighted by Crippen LogP contribution is -2.50. The van der Waals surface area contributed by atoms with Gasteiger partial charge in [0.15, 0.2) is 5.15 Å². The number of hydrogen-bond acceptors (Lipinski definition) is 3. The van der Waals surface area contributed by atoms with Gasteiger partial charge < -0.3 is 15.7 Å². The molecule has 0 bridgehead atoms. The van der Waals surface area contributed by atoms with Gasteiger partial charge in [-0.25, -0.2) is 9.78 Å². The van der Waals surface area contributed by atoms with E-state index in [2.05, 4.69) is 15.6 Å². The second-order valence-electron chi connectivity index (χ2n) is 4.39. The van der Waals surface area contributed by atoms with Crippen LogP contribution in [0.25, 0.3) is 0 Å². The Bertz CT molecular complexity index is 414. The summed E-state index contributed by atoms with van der Waals surface area (Å²) in [4.78, 5) is 15.7. The van der Waals surface area contributed by atoms with Crippen LogP contribution in [0.3, 0.4) is 0 Å². The van der Waals surface area contributed by atoms with Crippen LogP contribution in [0.15, 0.2) is 18.3 Å². The highest BCUT2D eigenvalue weighted by atomic mass is 35.5. The third-order valence-corrected chi connectivity index (χ3v) is 2.87. The largest absolute Gasteiger partial charge is 0.394 e. The number of hydrogen-bond donors (Lipinski definition) is 3. The first kappa shape index (κ1) is 14.7. The number of rotatable bonds is 5. The van der Waals surface area contributed by atoms with E-state index in [1.165, 1.54) is 0 Å². The van der Waals surface area contributed by atoms with Gasteiger partial charge in [-0.1, -0.05) is 24.9 Å². The van der Waals surface area contributed by atoms with E-state index in [4.69, 9.17) is 11.6 Å². The SMILES string of the molecule is CCCC(C)(CO)NC(=O)Nc1cccnc1Cl. The molecule has 18 heavy (non-hydrogen) atoms. The molecule has 3 N–H and O–H groups in total. The van der Waals surface area contributed by atoms with Gasteiger partial charge in [0.1, 0.15) is 0 Å². The van der Waals surface area contributed by atoms with E-state index in [9.17, 15) is 9.90 Å². The Labute approximate surface area is 112 Å².